The van der Waals surface area contributed by atoms with Crippen LogP contribution >= 0.6 is 24.8 Å². The predicted molar refractivity (Wildman–Crippen MR) is 109 cm³/mol. The monoisotopic (exact) mass is 400 g/mol. The lowest BCUT2D eigenvalue weighted by molar-refractivity contribution is -0.124. The molecule has 0 radical (unpaired) electrons. The number of anilines is 1. The van der Waals surface area contributed by atoms with E-state index in [9.17, 15) is 4.79 Å². The molecule has 2 saturated heterocycles. The number of amides is 1. The lowest BCUT2D eigenvalue weighted by atomic mass is 9.91. The SMILES string of the molecule is Cc1cccc(N2CCC(NC(=O)C3CC34CCNCC4)CC2)n1.Cl.Cl. The van der Waals surface area contributed by atoms with Crippen LogP contribution in [0.15, 0.2) is 18.2 Å². The van der Waals surface area contributed by atoms with Gasteiger partial charge in [-0.05, 0) is 69.7 Å². The van der Waals surface area contributed by atoms with Gasteiger partial charge in [0.15, 0.2) is 0 Å². The second-order valence-corrected chi connectivity index (χ2v) is 7.78. The van der Waals surface area contributed by atoms with Crippen LogP contribution in [0.2, 0.25) is 0 Å². The first-order valence-corrected chi connectivity index (χ1v) is 9.36. The Morgan fingerprint density at radius 1 is 1.23 bits per heavy atom. The predicted octanol–water partition coefficient (Wildman–Crippen LogP) is 2.71. The average Bonchev–Trinajstić information content (AvgIpc) is 3.29. The lowest BCUT2D eigenvalue weighted by Gasteiger charge is -2.33. The highest BCUT2D eigenvalue weighted by Crippen LogP contribution is 2.58. The molecule has 3 heterocycles. The van der Waals surface area contributed by atoms with Crippen molar-refractivity contribution >= 4 is 36.5 Å². The lowest BCUT2D eigenvalue weighted by Crippen LogP contribution is -2.46. The molecular formula is C19H30Cl2N4O. The molecule has 1 amide bonds. The molecule has 0 bridgehead atoms. The van der Waals surface area contributed by atoms with E-state index in [0.717, 1.165) is 57.0 Å². The van der Waals surface area contributed by atoms with Gasteiger partial charge in [0.1, 0.15) is 5.82 Å². The number of hydrogen-bond acceptors (Lipinski definition) is 4. The zero-order valence-electron chi connectivity index (χ0n) is 15.4. The number of aromatic nitrogens is 1. The van der Waals surface area contributed by atoms with E-state index in [2.05, 4.69) is 32.7 Å². The molecule has 2 aliphatic heterocycles. The summed E-state index contributed by atoms with van der Waals surface area (Å²) in [6, 6.07) is 6.51. The number of rotatable bonds is 3. The van der Waals surface area contributed by atoms with Crippen molar-refractivity contribution in [3.05, 3.63) is 23.9 Å². The van der Waals surface area contributed by atoms with E-state index in [0.29, 0.717) is 17.4 Å². The third-order valence-electron chi connectivity index (χ3n) is 6.14. The van der Waals surface area contributed by atoms with Gasteiger partial charge < -0.3 is 15.5 Å². The Morgan fingerprint density at radius 3 is 2.58 bits per heavy atom. The molecule has 1 unspecified atom stereocenters. The second-order valence-electron chi connectivity index (χ2n) is 7.78. The Morgan fingerprint density at radius 2 is 1.92 bits per heavy atom. The van der Waals surface area contributed by atoms with Gasteiger partial charge in [0.2, 0.25) is 5.91 Å². The number of nitrogens with one attached hydrogen (secondary N) is 2. The van der Waals surface area contributed by atoms with Crippen LogP contribution < -0.4 is 15.5 Å². The number of carbonyl (C=O) groups is 1. The van der Waals surface area contributed by atoms with E-state index in [4.69, 9.17) is 0 Å². The molecule has 0 aromatic carbocycles. The molecule has 1 aromatic heterocycles. The minimum Gasteiger partial charge on any atom is -0.356 e. The summed E-state index contributed by atoms with van der Waals surface area (Å²) in [4.78, 5) is 19.5. The van der Waals surface area contributed by atoms with Gasteiger partial charge in [0.25, 0.3) is 0 Å². The van der Waals surface area contributed by atoms with E-state index in [-0.39, 0.29) is 30.7 Å². The quantitative estimate of drug-likeness (QED) is 0.818. The zero-order chi connectivity index (χ0) is 16.6. The van der Waals surface area contributed by atoms with Crippen molar-refractivity contribution in [1.29, 1.82) is 0 Å². The number of piperidine rings is 2. The Labute approximate surface area is 168 Å². The average molecular weight is 401 g/mol. The molecule has 3 aliphatic rings. The van der Waals surface area contributed by atoms with Crippen LogP contribution in [-0.4, -0.2) is 43.1 Å². The third kappa shape index (κ3) is 4.44. The third-order valence-corrected chi connectivity index (χ3v) is 6.14. The molecule has 4 rings (SSSR count). The Bertz CT molecular complexity index is 613. The molecular weight excluding hydrogens is 371 g/mol. The summed E-state index contributed by atoms with van der Waals surface area (Å²) in [5.41, 5.74) is 1.39. The van der Waals surface area contributed by atoms with E-state index in [1.807, 2.05) is 13.0 Å². The summed E-state index contributed by atoms with van der Waals surface area (Å²) in [5.74, 6) is 1.65. The summed E-state index contributed by atoms with van der Waals surface area (Å²) >= 11 is 0. The second kappa shape index (κ2) is 8.77. The highest BCUT2D eigenvalue weighted by atomic mass is 35.5. The number of carbonyl (C=O) groups excluding carboxylic acids is 1. The van der Waals surface area contributed by atoms with Crippen molar-refractivity contribution in [2.75, 3.05) is 31.1 Å². The van der Waals surface area contributed by atoms with E-state index in [1.54, 1.807) is 0 Å². The van der Waals surface area contributed by atoms with Crippen LogP contribution in [0.1, 0.15) is 37.8 Å². The zero-order valence-corrected chi connectivity index (χ0v) is 17.0. The van der Waals surface area contributed by atoms with Crippen LogP contribution in [0.25, 0.3) is 0 Å². The fourth-order valence-corrected chi connectivity index (χ4v) is 4.46. The van der Waals surface area contributed by atoms with Gasteiger partial charge >= 0.3 is 0 Å². The molecule has 2 N–H and O–H groups in total. The van der Waals surface area contributed by atoms with Crippen molar-refractivity contribution in [2.45, 2.75) is 45.1 Å². The minimum atomic E-state index is 0. The number of pyridine rings is 1. The molecule has 5 nitrogen and oxygen atoms in total. The molecule has 1 aliphatic carbocycles. The molecule has 1 atom stereocenters. The molecule has 1 aromatic rings. The van der Waals surface area contributed by atoms with Crippen molar-refractivity contribution in [1.82, 2.24) is 15.6 Å². The van der Waals surface area contributed by atoms with Gasteiger partial charge in [-0.15, -0.1) is 24.8 Å². The van der Waals surface area contributed by atoms with Gasteiger partial charge in [-0.3, -0.25) is 4.79 Å². The van der Waals surface area contributed by atoms with Gasteiger partial charge in [-0.1, -0.05) is 6.07 Å². The van der Waals surface area contributed by atoms with Gasteiger partial charge in [-0.25, -0.2) is 4.98 Å². The van der Waals surface area contributed by atoms with Crippen molar-refractivity contribution < 1.29 is 4.79 Å². The summed E-state index contributed by atoms with van der Waals surface area (Å²) in [7, 11) is 0. The van der Waals surface area contributed by atoms with Gasteiger partial charge in [-0.2, -0.15) is 0 Å². The van der Waals surface area contributed by atoms with Gasteiger partial charge in [0, 0.05) is 30.7 Å². The van der Waals surface area contributed by atoms with Crippen molar-refractivity contribution in [2.24, 2.45) is 11.3 Å². The van der Waals surface area contributed by atoms with Crippen molar-refractivity contribution in [3.8, 4) is 0 Å². The van der Waals surface area contributed by atoms with E-state index in [1.165, 1.54) is 12.8 Å². The standard InChI is InChI=1S/C19H28N4O.2ClH/c1-14-3-2-4-17(21-14)23-11-5-15(6-12-23)22-18(24)16-13-19(16)7-9-20-10-8-19;;/h2-4,15-16,20H,5-13H2,1H3,(H,22,24);2*1H. The van der Waals surface area contributed by atoms with Crippen LogP contribution in [0.4, 0.5) is 5.82 Å². The molecule has 1 spiro atoms. The first-order chi connectivity index (χ1) is 11.7. The summed E-state index contributed by atoms with van der Waals surface area (Å²) in [6.07, 6.45) is 5.48. The van der Waals surface area contributed by atoms with E-state index >= 15 is 0 Å². The highest BCUT2D eigenvalue weighted by molar-refractivity contribution is 5.85. The highest BCUT2D eigenvalue weighted by Gasteiger charge is 2.57. The minimum absolute atomic E-state index is 0. The van der Waals surface area contributed by atoms with Crippen LogP contribution in [0.3, 0.4) is 0 Å². The maximum absolute atomic E-state index is 12.6. The molecule has 3 fully saturated rings. The number of nitrogens with zero attached hydrogens (tertiary/aromatic N) is 2. The molecule has 1 saturated carbocycles. The first kappa shape index (κ1) is 21.3. The van der Waals surface area contributed by atoms with Crippen LogP contribution in [0.5, 0.6) is 0 Å². The fraction of sp³-hybridized carbons (Fsp3) is 0.684. The van der Waals surface area contributed by atoms with E-state index < -0.39 is 0 Å². The Hall–Kier alpha value is -1.04. The molecule has 7 heteroatoms. The maximum Gasteiger partial charge on any atom is 0.223 e. The van der Waals surface area contributed by atoms with Gasteiger partial charge in [0.05, 0.1) is 0 Å². The first-order valence-electron chi connectivity index (χ1n) is 9.36. The summed E-state index contributed by atoms with van der Waals surface area (Å²) < 4.78 is 0. The summed E-state index contributed by atoms with van der Waals surface area (Å²) in [6.45, 7) is 6.13. The Kier molecular flexibility index (Phi) is 7.17. The fourth-order valence-electron chi connectivity index (χ4n) is 4.46. The molecule has 146 valence electrons. The number of aryl methyl sites for hydroxylation is 1. The number of hydrogen-bond donors (Lipinski definition) is 2. The van der Waals surface area contributed by atoms with Crippen molar-refractivity contribution in [3.63, 3.8) is 0 Å². The molecule has 26 heavy (non-hydrogen) atoms. The largest absolute Gasteiger partial charge is 0.356 e. The Balaban J connectivity index is 0.00000121. The normalized spacial score (nSPS) is 24.3. The smallest absolute Gasteiger partial charge is 0.223 e. The number of halogens is 2. The van der Waals surface area contributed by atoms with Crippen LogP contribution in [-0.2, 0) is 4.79 Å². The maximum atomic E-state index is 12.6. The topological polar surface area (TPSA) is 57.3 Å². The summed E-state index contributed by atoms with van der Waals surface area (Å²) in [5, 5.41) is 6.73. The van der Waals surface area contributed by atoms with Crippen LogP contribution in [0, 0.1) is 18.3 Å².